The smallest absolute Gasteiger partial charge is 0.216 e. The molecule has 0 bridgehead atoms. The maximum Gasteiger partial charge on any atom is 0.216 e. The Morgan fingerprint density at radius 2 is 2.04 bits per heavy atom. The predicted octanol–water partition coefficient (Wildman–Crippen LogP) is 0.830. The number of rotatable bonds is 6. The Morgan fingerprint density at radius 3 is 2.65 bits per heavy atom. The van der Waals surface area contributed by atoms with Crippen molar-refractivity contribution in [1.29, 1.82) is 5.26 Å². The van der Waals surface area contributed by atoms with Crippen molar-refractivity contribution in [2.24, 2.45) is 0 Å². The zero-order chi connectivity index (χ0) is 16.9. The second-order valence-corrected chi connectivity index (χ2v) is 7.70. The van der Waals surface area contributed by atoms with Gasteiger partial charge < -0.3 is 9.64 Å². The molecular weight excluding hydrogens is 316 g/mol. The molecule has 0 atom stereocenters. The van der Waals surface area contributed by atoms with Crippen LogP contribution in [0.3, 0.4) is 0 Å². The van der Waals surface area contributed by atoms with E-state index >= 15 is 0 Å². The molecule has 1 fully saturated rings. The first kappa shape index (κ1) is 17.7. The van der Waals surface area contributed by atoms with Gasteiger partial charge in [0, 0.05) is 32.4 Å². The molecule has 0 unspecified atom stereocenters. The molecule has 2 heterocycles. The number of nitrogens with zero attached hydrogens (tertiary/aromatic N) is 4. The zero-order valence-electron chi connectivity index (χ0n) is 13.5. The summed E-state index contributed by atoms with van der Waals surface area (Å²) in [5.41, 5.74) is 0.508. The second kappa shape index (κ2) is 7.73. The molecule has 126 valence electrons. The van der Waals surface area contributed by atoms with Crippen molar-refractivity contribution in [3.63, 3.8) is 0 Å². The molecule has 1 aromatic heterocycles. The van der Waals surface area contributed by atoms with E-state index in [1.165, 1.54) is 4.31 Å². The minimum Gasteiger partial charge on any atom is -0.378 e. The summed E-state index contributed by atoms with van der Waals surface area (Å²) in [6.45, 7) is 5.80. The number of piperazine rings is 1. The highest BCUT2D eigenvalue weighted by Crippen LogP contribution is 2.19. The Bertz CT molecular complexity index is 662. The summed E-state index contributed by atoms with van der Waals surface area (Å²) in [5, 5.41) is 9.14. The van der Waals surface area contributed by atoms with E-state index in [0.29, 0.717) is 37.6 Å². The summed E-state index contributed by atoms with van der Waals surface area (Å²) >= 11 is 0. The molecule has 0 aromatic carbocycles. The number of nitriles is 1. The highest BCUT2D eigenvalue weighted by Gasteiger charge is 2.28. The average molecular weight is 338 g/mol. The molecule has 2 rings (SSSR count). The maximum atomic E-state index is 12.3. The molecule has 8 heteroatoms. The van der Waals surface area contributed by atoms with Crippen LogP contribution in [0.2, 0.25) is 0 Å². The lowest BCUT2D eigenvalue weighted by Gasteiger charge is -2.35. The highest BCUT2D eigenvalue weighted by molar-refractivity contribution is 7.89. The fourth-order valence-corrected chi connectivity index (χ4v) is 3.72. The van der Waals surface area contributed by atoms with E-state index in [1.54, 1.807) is 18.3 Å². The second-order valence-electron chi connectivity index (χ2n) is 5.61. The van der Waals surface area contributed by atoms with Gasteiger partial charge in [-0.25, -0.2) is 13.4 Å². The first-order valence-corrected chi connectivity index (χ1v) is 9.24. The van der Waals surface area contributed by atoms with Crippen molar-refractivity contribution in [2.45, 2.75) is 20.0 Å². The van der Waals surface area contributed by atoms with Crippen LogP contribution in [-0.4, -0.2) is 62.3 Å². The van der Waals surface area contributed by atoms with Gasteiger partial charge in [0.2, 0.25) is 10.0 Å². The van der Waals surface area contributed by atoms with E-state index < -0.39 is 10.0 Å². The summed E-state index contributed by atoms with van der Waals surface area (Å²) in [5.74, 6) is 0.619. The summed E-state index contributed by atoms with van der Waals surface area (Å²) < 4.78 is 31.4. The summed E-state index contributed by atoms with van der Waals surface area (Å²) in [4.78, 5) is 6.20. The van der Waals surface area contributed by atoms with Crippen molar-refractivity contribution in [1.82, 2.24) is 9.29 Å². The Kier molecular flexibility index (Phi) is 5.93. The molecule has 23 heavy (non-hydrogen) atoms. The number of aromatic nitrogens is 1. The van der Waals surface area contributed by atoms with Crippen LogP contribution >= 0.6 is 0 Å². The third kappa shape index (κ3) is 4.64. The quantitative estimate of drug-likeness (QED) is 0.763. The van der Waals surface area contributed by atoms with E-state index in [1.807, 2.05) is 18.7 Å². The molecule has 1 aliphatic heterocycles. The molecule has 0 aliphatic carbocycles. The number of hydrogen-bond acceptors (Lipinski definition) is 6. The van der Waals surface area contributed by atoms with Crippen LogP contribution in [0.4, 0.5) is 5.82 Å². The van der Waals surface area contributed by atoms with Gasteiger partial charge in [-0.1, -0.05) is 0 Å². The van der Waals surface area contributed by atoms with Crippen LogP contribution < -0.4 is 4.90 Å². The molecule has 0 amide bonds. The van der Waals surface area contributed by atoms with E-state index in [9.17, 15) is 8.42 Å². The fourth-order valence-electron chi connectivity index (χ4n) is 2.43. The largest absolute Gasteiger partial charge is 0.378 e. The third-order valence-corrected chi connectivity index (χ3v) is 5.47. The monoisotopic (exact) mass is 338 g/mol. The van der Waals surface area contributed by atoms with Crippen LogP contribution in [0.1, 0.15) is 19.4 Å². The zero-order valence-corrected chi connectivity index (χ0v) is 14.3. The third-order valence-electron chi connectivity index (χ3n) is 3.63. The first-order chi connectivity index (χ1) is 10.9. The van der Waals surface area contributed by atoms with Crippen molar-refractivity contribution in [2.75, 3.05) is 43.4 Å². The number of pyridine rings is 1. The maximum absolute atomic E-state index is 12.3. The Labute approximate surface area is 137 Å². The van der Waals surface area contributed by atoms with Gasteiger partial charge >= 0.3 is 0 Å². The van der Waals surface area contributed by atoms with Crippen molar-refractivity contribution in [3.8, 4) is 6.07 Å². The Morgan fingerprint density at radius 1 is 1.35 bits per heavy atom. The molecule has 0 spiro atoms. The Hall–Kier alpha value is -1.69. The lowest BCUT2D eigenvalue weighted by atomic mass is 10.2. The van der Waals surface area contributed by atoms with Crippen LogP contribution in [0.15, 0.2) is 18.3 Å². The van der Waals surface area contributed by atoms with Gasteiger partial charge in [-0.2, -0.15) is 9.57 Å². The number of anilines is 1. The molecule has 1 aromatic rings. The van der Waals surface area contributed by atoms with Crippen molar-refractivity contribution in [3.05, 3.63) is 23.9 Å². The van der Waals surface area contributed by atoms with Gasteiger partial charge in [0.1, 0.15) is 11.9 Å². The number of hydrogen-bond donors (Lipinski definition) is 0. The van der Waals surface area contributed by atoms with Crippen LogP contribution in [0.5, 0.6) is 0 Å². The minimum atomic E-state index is -3.30. The van der Waals surface area contributed by atoms with Crippen molar-refractivity contribution < 1.29 is 13.2 Å². The summed E-state index contributed by atoms with van der Waals surface area (Å²) in [7, 11) is -3.30. The molecule has 0 radical (unpaired) electrons. The summed E-state index contributed by atoms with van der Waals surface area (Å²) in [6.07, 6.45) is 1.67. The number of ether oxygens (including phenoxy) is 1. The highest BCUT2D eigenvalue weighted by atomic mass is 32.2. The van der Waals surface area contributed by atoms with E-state index in [2.05, 4.69) is 11.1 Å². The van der Waals surface area contributed by atoms with Gasteiger partial charge in [-0.05, 0) is 26.0 Å². The molecule has 1 saturated heterocycles. The molecule has 0 saturated carbocycles. The lowest BCUT2D eigenvalue weighted by Crippen LogP contribution is -2.50. The fraction of sp³-hybridized carbons (Fsp3) is 0.600. The van der Waals surface area contributed by atoms with E-state index in [4.69, 9.17) is 10.00 Å². The molecule has 0 N–H and O–H groups in total. The van der Waals surface area contributed by atoms with Gasteiger partial charge in [0.25, 0.3) is 0 Å². The van der Waals surface area contributed by atoms with Gasteiger partial charge in [-0.3, -0.25) is 0 Å². The molecule has 7 nitrogen and oxygen atoms in total. The normalized spacial score (nSPS) is 16.5. The topological polar surface area (TPSA) is 86.5 Å². The standard InChI is InChI=1S/C15H22N4O3S/c1-13(2)22-10-11-23(20,21)19-8-6-18(7-9-19)15-14(12-16)4-3-5-17-15/h3-5,13H,6-11H2,1-2H3. The summed E-state index contributed by atoms with van der Waals surface area (Å²) in [6, 6.07) is 5.56. The van der Waals surface area contributed by atoms with Crippen LogP contribution in [0, 0.1) is 11.3 Å². The van der Waals surface area contributed by atoms with Crippen molar-refractivity contribution >= 4 is 15.8 Å². The van der Waals surface area contributed by atoms with E-state index in [-0.39, 0.29) is 18.5 Å². The Balaban J connectivity index is 1.94. The van der Waals surface area contributed by atoms with Gasteiger partial charge in [0.05, 0.1) is 24.0 Å². The van der Waals surface area contributed by atoms with Crippen LogP contribution in [0.25, 0.3) is 0 Å². The van der Waals surface area contributed by atoms with E-state index in [0.717, 1.165) is 0 Å². The first-order valence-electron chi connectivity index (χ1n) is 7.63. The van der Waals surface area contributed by atoms with Gasteiger partial charge in [-0.15, -0.1) is 0 Å². The number of sulfonamides is 1. The molecule has 1 aliphatic rings. The van der Waals surface area contributed by atoms with Gasteiger partial charge in [0.15, 0.2) is 0 Å². The predicted molar refractivity (Wildman–Crippen MR) is 87.6 cm³/mol. The lowest BCUT2D eigenvalue weighted by molar-refractivity contribution is 0.0906. The minimum absolute atomic E-state index is 0.00177. The molecular formula is C15H22N4O3S. The van der Waals surface area contributed by atoms with Crippen LogP contribution in [-0.2, 0) is 14.8 Å². The average Bonchev–Trinajstić information content (AvgIpc) is 2.54. The SMILES string of the molecule is CC(C)OCCS(=O)(=O)N1CCN(c2ncccc2C#N)CC1.